The van der Waals surface area contributed by atoms with Gasteiger partial charge in [0.25, 0.3) is 10.1 Å². The molecule has 0 atom stereocenters. The second-order valence-corrected chi connectivity index (χ2v) is 5.34. The molecule has 2 aromatic carbocycles. The fraction of sp³-hybridized carbons (Fsp3) is 0. The molecule has 0 aliphatic rings. The van der Waals surface area contributed by atoms with Crippen LogP contribution in [0.2, 0.25) is 0 Å². The molecule has 0 unspecified atom stereocenters. The normalized spacial score (nSPS) is 11.2. The van der Waals surface area contributed by atoms with Crippen LogP contribution in [0.4, 0.5) is 5.69 Å². The molecule has 20 heavy (non-hydrogen) atoms. The van der Waals surface area contributed by atoms with E-state index in [0.29, 0.717) is 5.56 Å². The number of benzene rings is 2. The van der Waals surface area contributed by atoms with E-state index < -0.39 is 10.1 Å². The van der Waals surface area contributed by atoms with E-state index in [-0.39, 0.29) is 41.6 Å². The minimum atomic E-state index is -4.34. The molecule has 0 heterocycles. The van der Waals surface area contributed by atoms with Crippen molar-refractivity contribution in [1.29, 1.82) is 0 Å². The number of hydrogen-bond donors (Lipinski definition) is 2. The summed E-state index contributed by atoms with van der Waals surface area (Å²) in [7, 11) is -4.34. The Balaban J connectivity index is 0.00000200. The van der Waals surface area contributed by atoms with Crippen LogP contribution in [0.25, 0.3) is 12.2 Å². The number of rotatable bonds is 3. The Bertz CT molecular complexity index is 718. The molecule has 0 radical (unpaired) electrons. The van der Waals surface area contributed by atoms with Gasteiger partial charge in [-0.3, -0.25) is 4.55 Å². The van der Waals surface area contributed by atoms with Gasteiger partial charge in [-0.15, -0.1) is 0 Å². The molecular weight excluding hydrogens is 285 g/mol. The third-order valence-corrected chi connectivity index (χ3v) is 3.58. The van der Waals surface area contributed by atoms with E-state index >= 15 is 0 Å². The first-order chi connectivity index (χ1) is 8.98. The van der Waals surface area contributed by atoms with Crippen LogP contribution in [-0.2, 0) is 10.1 Å². The maximum Gasteiger partial charge on any atom is 1.00 e. The smallest absolute Gasteiger partial charge is 1.00 e. The Morgan fingerprint density at radius 3 is 2.25 bits per heavy atom. The van der Waals surface area contributed by atoms with Crippen LogP contribution >= 0.6 is 0 Å². The Morgan fingerprint density at radius 1 is 1.00 bits per heavy atom. The van der Waals surface area contributed by atoms with E-state index in [4.69, 9.17) is 5.73 Å². The molecule has 2 aromatic rings. The molecule has 0 saturated carbocycles. The van der Waals surface area contributed by atoms with Crippen LogP contribution in [0.15, 0.2) is 53.4 Å². The molecule has 0 bridgehead atoms. The number of nitrogen functional groups attached to an aromatic ring is 1. The molecule has 4 nitrogen and oxygen atoms in total. The van der Waals surface area contributed by atoms with Gasteiger partial charge in [-0.1, -0.05) is 54.6 Å². The Kier molecular flexibility index (Phi) is 5.98. The van der Waals surface area contributed by atoms with Crippen molar-refractivity contribution in [3.63, 3.8) is 0 Å². The van der Waals surface area contributed by atoms with E-state index in [1.165, 1.54) is 6.07 Å². The van der Waals surface area contributed by atoms with Crippen LogP contribution in [0, 0.1) is 0 Å². The number of nitrogens with two attached hydrogens (primary N) is 1. The summed E-state index contributed by atoms with van der Waals surface area (Å²) in [5.41, 5.74) is 6.90. The SMILES string of the molecule is Nc1cccc(C=Cc2ccccc2)c1S(=O)(=O)O.[H-].[Na+]. The molecule has 0 aliphatic heterocycles. The molecular formula is C14H14NNaO3S. The minimum Gasteiger partial charge on any atom is -1.00 e. The van der Waals surface area contributed by atoms with Gasteiger partial charge in [-0.05, 0) is 17.2 Å². The van der Waals surface area contributed by atoms with E-state index in [9.17, 15) is 13.0 Å². The number of anilines is 1. The second-order valence-electron chi connectivity index (χ2n) is 3.98. The Hall–Kier alpha value is -1.11. The standard InChI is InChI=1S/C14H13NO3S.Na.H/c15-13-8-4-7-12(14(13)19(16,17)18)10-9-11-5-2-1-3-6-11;;/h1-10H,15H2,(H,16,17,18);;/q;+1;-1. The predicted molar refractivity (Wildman–Crippen MR) is 77.2 cm³/mol. The van der Waals surface area contributed by atoms with E-state index in [1.54, 1.807) is 24.3 Å². The molecule has 6 heteroatoms. The van der Waals surface area contributed by atoms with Crippen LogP contribution in [0.3, 0.4) is 0 Å². The van der Waals surface area contributed by atoms with Crippen molar-refractivity contribution < 1.29 is 44.0 Å². The third kappa shape index (κ3) is 4.19. The molecule has 100 valence electrons. The topological polar surface area (TPSA) is 80.4 Å². The summed E-state index contributed by atoms with van der Waals surface area (Å²) >= 11 is 0. The molecule has 2 rings (SSSR count). The van der Waals surface area contributed by atoms with Crippen molar-refractivity contribution in [3.05, 3.63) is 59.7 Å². The van der Waals surface area contributed by atoms with E-state index in [1.807, 2.05) is 30.3 Å². The summed E-state index contributed by atoms with van der Waals surface area (Å²) < 4.78 is 31.9. The van der Waals surface area contributed by atoms with Gasteiger partial charge in [0.1, 0.15) is 4.90 Å². The minimum absolute atomic E-state index is 0. The number of hydrogen-bond acceptors (Lipinski definition) is 3. The third-order valence-electron chi connectivity index (χ3n) is 2.59. The summed E-state index contributed by atoms with van der Waals surface area (Å²) in [6.07, 6.45) is 3.36. The zero-order chi connectivity index (χ0) is 13.9. The summed E-state index contributed by atoms with van der Waals surface area (Å²) in [5, 5.41) is 0. The van der Waals surface area contributed by atoms with Crippen molar-refractivity contribution in [2.24, 2.45) is 0 Å². The fourth-order valence-corrected chi connectivity index (χ4v) is 2.55. The van der Waals surface area contributed by atoms with Crippen LogP contribution in [-0.4, -0.2) is 13.0 Å². The molecule has 0 fully saturated rings. The van der Waals surface area contributed by atoms with E-state index in [0.717, 1.165) is 5.56 Å². The van der Waals surface area contributed by atoms with Crippen molar-refractivity contribution in [3.8, 4) is 0 Å². The van der Waals surface area contributed by atoms with Gasteiger partial charge in [0.05, 0.1) is 5.69 Å². The molecule has 3 N–H and O–H groups in total. The maximum absolute atomic E-state index is 11.3. The average molecular weight is 299 g/mol. The molecule has 0 saturated heterocycles. The van der Waals surface area contributed by atoms with E-state index in [2.05, 4.69) is 0 Å². The van der Waals surface area contributed by atoms with Crippen molar-refractivity contribution in [1.82, 2.24) is 0 Å². The largest absolute Gasteiger partial charge is 1.00 e. The Labute approximate surface area is 141 Å². The first-order valence-electron chi connectivity index (χ1n) is 5.57. The van der Waals surface area contributed by atoms with Gasteiger partial charge in [-0.2, -0.15) is 8.42 Å². The van der Waals surface area contributed by atoms with Gasteiger partial charge < -0.3 is 7.16 Å². The summed E-state index contributed by atoms with van der Waals surface area (Å²) in [6.45, 7) is 0. The van der Waals surface area contributed by atoms with Gasteiger partial charge in [-0.25, -0.2) is 0 Å². The zero-order valence-electron chi connectivity index (χ0n) is 12.0. The van der Waals surface area contributed by atoms with Gasteiger partial charge in [0.15, 0.2) is 0 Å². The molecule has 0 aromatic heterocycles. The maximum atomic E-state index is 11.3. The summed E-state index contributed by atoms with van der Waals surface area (Å²) in [5.74, 6) is 0. The van der Waals surface area contributed by atoms with Crippen molar-refractivity contribution >= 4 is 28.0 Å². The monoisotopic (exact) mass is 299 g/mol. The van der Waals surface area contributed by atoms with Gasteiger partial charge in [0.2, 0.25) is 0 Å². The van der Waals surface area contributed by atoms with Crippen LogP contribution in [0.5, 0.6) is 0 Å². The zero-order valence-corrected chi connectivity index (χ0v) is 13.8. The molecule has 0 aliphatic carbocycles. The quantitative estimate of drug-likeness (QED) is 0.356. The van der Waals surface area contributed by atoms with Crippen LogP contribution < -0.4 is 35.3 Å². The van der Waals surface area contributed by atoms with Gasteiger partial charge >= 0.3 is 29.6 Å². The first kappa shape index (κ1) is 16.9. The van der Waals surface area contributed by atoms with Crippen LogP contribution in [0.1, 0.15) is 12.6 Å². The molecule has 0 spiro atoms. The first-order valence-corrected chi connectivity index (χ1v) is 7.01. The van der Waals surface area contributed by atoms with Crippen molar-refractivity contribution in [2.45, 2.75) is 4.90 Å². The Morgan fingerprint density at radius 2 is 1.65 bits per heavy atom. The molecule has 0 amide bonds. The average Bonchev–Trinajstić information content (AvgIpc) is 2.36. The second kappa shape index (κ2) is 7.06. The predicted octanol–water partition coefficient (Wildman–Crippen LogP) is -0.198. The summed E-state index contributed by atoms with van der Waals surface area (Å²) in [6, 6.07) is 14.1. The fourth-order valence-electron chi connectivity index (χ4n) is 1.75. The van der Waals surface area contributed by atoms with Crippen molar-refractivity contribution in [2.75, 3.05) is 5.73 Å². The van der Waals surface area contributed by atoms with Gasteiger partial charge in [0, 0.05) is 0 Å². The summed E-state index contributed by atoms with van der Waals surface area (Å²) in [4.78, 5) is -0.262.